The number of hydrogen-bond donors (Lipinski definition) is 0. The molecule has 2 aliphatic rings. The van der Waals surface area contributed by atoms with E-state index >= 15 is 0 Å². The first-order chi connectivity index (χ1) is 17.0. The van der Waals surface area contributed by atoms with Gasteiger partial charge in [-0.05, 0) is 77.6 Å². The number of ether oxygens (including phenoxy) is 3. The van der Waals surface area contributed by atoms with Crippen molar-refractivity contribution in [1.82, 2.24) is 0 Å². The van der Waals surface area contributed by atoms with E-state index in [0.717, 1.165) is 36.1 Å². The summed E-state index contributed by atoms with van der Waals surface area (Å²) in [5.41, 5.74) is 4.86. The fourth-order valence-corrected chi connectivity index (χ4v) is 5.38. The van der Waals surface area contributed by atoms with E-state index in [2.05, 4.69) is 30.3 Å². The average Bonchev–Trinajstić information content (AvgIpc) is 3.73. The molecule has 0 saturated heterocycles. The van der Waals surface area contributed by atoms with Gasteiger partial charge in [-0.3, -0.25) is 4.79 Å². The zero-order valence-electron chi connectivity index (χ0n) is 20.4. The Labute approximate surface area is 206 Å². The van der Waals surface area contributed by atoms with Gasteiger partial charge in [0.25, 0.3) is 0 Å². The van der Waals surface area contributed by atoms with Gasteiger partial charge >= 0.3 is 5.97 Å². The van der Waals surface area contributed by atoms with Crippen LogP contribution in [-0.4, -0.2) is 26.8 Å². The topological polar surface area (TPSA) is 44.8 Å². The van der Waals surface area contributed by atoms with E-state index in [1.807, 2.05) is 19.1 Å². The Balaban J connectivity index is 1.37. The van der Waals surface area contributed by atoms with Gasteiger partial charge in [0.15, 0.2) is 0 Å². The standard InChI is InChI=1S/C30H31FO4/c1-18(30(32)34-3)29(21-8-9-21)22-10-13-28-23(14-22)15-24(17-35-28)19-4-6-20(7-5-19)26-16-25(33-2)11-12-27(26)31/h4-7,10-14,16,18,21,24,29H,8-9,15,17H2,1-3H3/t18-,24?,29-/m1/s1. The molecule has 1 heterocycles. The Morgan fingerprint density at radius 2 is 1.80 bits per heavy atom. The normalized spacial score (nSPS) is 18.7. The van der Waals surface area contributed by atoms with Gasteiger partial charge in [0.2, 0.25) is 0 Å². The van der Waals surface area contributed by atoms with Crippen molar-refractivity contribution in [3.63, 3.8) is 0 Å². The molecular weight excluding hydrogens is 443 g/mol. The van der Waals surface area contributed by atoms with Gasteiger partial charge in [0.1, 0.15) is 17.3 Å². The number of carbonyl (C=O) groups excluding carboxylic acids is 1. The minimum absolute atomic E-state index is 0.152. The van der Waals surface area contributed by atoms with Crippen molar-refractivity contribution in [2.75, 3.05) is 20.8 Å². The summed E-state index contributed by atoms with van der Waals surface area (Å²) in [6, 6.07) is 19.2. The maximum absolute atomic E-state index is 14.4. The fraction of sp³-hybridized carbons (Fsp3) is 0.367. The first-order valence-electron chi connectivity index (χ1n) is 12.3. The van der Waals surface area contributed by atoms with Crippen LogP contribution in [0.4, 0.5) is 4.39 Å². The first-order valence-corrected chi connectivity index (χ1v) is 12.3. The van der Waals surface area contributed by atoms with Crippen LogP contribution < -0.4 is 9.47 Å². The number of fused-ring (bicyclic) bond motifs is 1. The number of halogens is 1. The van der Waals surface area contributed by atoms with Crippen molar-refractivity contribution in [2.45, 2.75) is 38.0 Å². The molecule has 5 rings (SSSR count). The molecule has 182 valence electrons. The van der Waals surface area contributed by atoms with Crippen molar-refractivity contribution in [2.24, 2.45) is 11.8 Å². The van der Waals surface area contributed by atoms with E-state index in [1.54, 1.807) is 19.2 Å². The largest absolute Gasteiger partial charge is 0.497 e. The molecule has 1 saturated carbocycles. The van der Waals surface area contributed by atoms with Gasteiger partial charge in [-0.2, -0.15) is 0 Å². The number of methoxy groups -OCH3 is 2. The van der Waals surface area contributed by atoms with Gasteiger partial charge in [0, 0.05) is 11.5 Å². The molecule has 35 heavy (non-hydrogen) atoms. The average molecular weight is 475 g/mol. The zero-order chi connectivity index (χ0) is 24.5. The fourth-order valence-electron chi connectivity index (χ4n) is 5.38. The first kappa shape index (κ1) is 23.4. The smallest absolute Gasteiger partial charge is 0.309 e. The SMILES string of the molecule is COC(=O)[C@H](C)[C@@H](c1ccc2c(c1)CC(c1ccc(-c3cc(OC)ccc3F)cc1)CO2)C1CC1. The number of carbonyl (C=O) groups is 1. The van der Waals surface area contributed by atoms with E-state index in [9.17, 15) is 9.18 Å². The summed E-state index contributed by atoms with van der Waals surface area (Å²) >= 11 is 0. The predicted molar refractivity (Wildman–Crippen MR) is 133 cm³/mol. The molecule has 5 heteroatoms. The Morgan fingerprint density at radius 1 is 1.03 bits per heavy atom. The quantitative estimate of drug-likeness (QED) is 0.366. The van der Waals surface area contributed by atoms with Crippen LogP contribution in [0.25, 0.3) is 11.1 Å². The molecule has 1 fully saturated rings. The Bertz CT molecular complexity index is 1220. The van der Waals surface area contributed by atoms with Crippen LogP contribution in [0.3, 0.4) is 0 Å². The van der Waals surface area contributed by atoms with Crippen LogP contribution in [0.5, 0.6) is 11.5 Å². The van der Waals surface area contributed by atoms with Gasteiger partial charge in [-0.25, -0.2) is 4.39 Å². The maximum atomic E-state index is 14.4. The summed E-state index contributed by atoms with van der Waals surface area (Å²) in [6.45, 7) is 2.57. The van der Waals surface area contributed by atoms with Crippen LogP contribution in [0, 0.1) is 17.7 Å². The molecular formula is C30H31FO4. The summed E-state index contributed by atoms with van der Waals surface area (Å²) < 4.78 is 30.8. The summed E-state index contributed by atoms with van der Waals surface area (Å²) in [5, 5.41) is 0. The highest BCUT2D eigenvalue weighted by Gasteiger charge is 2.39. The van der Waals surface area contributed by atoms with E-state index in [4.69, 9.17) is 14.2 Å². The molecule has 0 aromatic heterocycles. The summed E-state index contributed by atoms with van der Waals surface area (Å²) in [6.07, 6.45) is 3.17. The molecule has 1 aliphatic heterocycles. The number of hydrogen-bond acceptors (Lipinski definition) is 4. The highest BCUT2D eigenvalue weighted by molar-refractivity contribution is 5.73. The molecule has 0 amide bonds. The van der Waals surface area contributed by atoms with Crippen molar-refractivity contribution in [3.05, 3.63) is 83.2 Å². The third kappa shape index (κ3) is 4.77. The van der Waals surface area contributed by atoms with E-state index in [-0.39, 0.29) is 29.5 Å². The van der Waals surface area contributed by atoms with Crippen molar-refractivity contribution in [1.29, 1.82) is 0 Å². The minimum Gasteiger partial charge on any atom is -0.497 e. The molecule has 4 nitrogen and oxygen atoms in total. The molecule has 1 aliphatic carbocycles. The van der Waals surface area contributed by atoms with Crippen LogP contribution in [0.1, 0.15) is 48.3 Å². The lowest BCUT2D eigenvalue weighted by atomic mass is 9.81. The molecule has 1 unspecified atom stereocenters. The molecule has 0 N–H and O–H groups in total. The van der Waals surface area contributed by atoms with Crippen molar-refractivity contribution < 1.29 is 23.4 Å². The number of rotatable bonds is 7. The van der Waals surface area contributed by atoms with Crippen LogP contribution >= 0.6 is 0 Å². The highest BCUT2D eigenvalue weighted by Crippen LogP contribution is 2.48. The van der Waals surface area contributed by atoms with Crippen LogP contribution in [0.15, 0.2) is 60.7 Å². The lowest BCUT2D eigenvalue weighted by molar-refractivity contribution is -0.145. The van der Waals surface area contributed by atoms with Crippen LogP contribution in [-0.2, 0) is 16.0 Å². The van der Waals surface area contributed by atoms with Crippen molar-refractivity contribution >= 4 is 5.97 Å². The Hall–Kier alpha value is -3.34. The molecule has 3 aromatic rings. The maximum Gasteiger partial charge on any atom is 0.309 e. The van der Waals surface area contributed by atoms with E-state index < -0.39 is 0 Å². The molecule has 0 radical (unpaired) electrons. The second kappa shape index (κ2) is 9.73. The minimum atomic E-state index is -0.271. The lowest BCUT2D eigenvalue weighted by Crippen LogP contribution is -2.23. The molecule has 3 atom stereocenters. The predicted octanol–water partition coefficient (Wildman–Crippen LogP) is 6.52. The second-order valence-electron chi connectivity index (χ2n) is 9.72. The Kier molecular flexibility index (Phi) is 6.50. The van der Waals surface area contributed by atoms with Crippen LogP contribution in [0.2, 0.25) is 0 Å². The summed E-state index contributed by atoms with van der Waals surface area (Å²) in [4.78, 5) is 12.3. The zero-order valence-corrected chi connectivity index (χ0v) is 20.4. The number of benzene rings is 3. The van der Waals surface area contributed by atoms with Gasteiger partial charge < -0.3 is 14.2 Å². The van der Waals surface area contributed by atoms with Gasteiger partial charge in [0.05, 0.1) is 26.7 Å². The number of esters is 1. The highest BCUT2D eigenvalue weighted by atomic mass is 19.1. The third-order valence-electron chi connectivity index (χ3n) is 7.48. The van der Waals surface area contributed by atoms with E-state index in [0.29, 0.717) is 23.8 Å². The monoisotopic (exact) mass is 474 g/mol. The third-order valence-corrected chi connectivity index (χ3v) is 7.48. The Morgan fingerprint density at radius 3 is 2.49 bits per heavy atom. The second-order valence-corrected chi connectivity index (χ2v) is 9.72. The van der Waals surface area contributed by atoms with Gasteiger partial charge in [-0.1, -0.05) is 43.3 Å². The van der Waals surface area contributed by atoms with E-state index in [1.165, 1.54) is 24.3 Å². The summed E-state index contributed by atoms with van der Waals surface area (Å²) in [7, 11) is 3.04. The van der Waals surface area contributed by atoms with Gasteiger partial charge in [-0.15, -0.1) is 0 Å². The summed E-state index contributed by atoms with van der Waals surface area (Å²) in [5.74, 6) is 1.87. The molecule has 0 bridgehead atoms. The van der Waals surface area contributed by atoms with Crippen molar-refractivity contribution in [3.8, 4) is 22.6 Å². The molecule has 0 spiro atoms. The molecule has 3 aromatic carbocycles. The lowest BCUT2D eigenvalue weighted by Gasteiger charge is -2.28.